The second-order valence-corrected chi connectivity index (χ2v) is 6.57. The number of benzene rings is 2. The van der Waals surface area contributed by atoms with Gasteiger partial charge in [0, 0.05) is 30.7 Å². The number of nitrogens with one attached hydrogen (secondary N) is 2. The van der Waals surface area contributed by atoms with Gasteiger partial charge in [-0.1, -0.05) is 12.1 Å². The minimum absolute atomic E-state index is 0.109. The van der Waals surface area contributed by atoms with Crippen LogP contribution in [0.4, 0.5) is 27.4 Å². The number of anilines is 4. The predicted molar refractivity (Wildman–Crippen MR) is 108 cm³/mol. The number of hydrogen-bond acceptors (Lipinski definition) is 5. The van der Waals surface area contributed by atoms with Gasteiger partial charge in [0.15, 0.2) is 0 Å². The summed E-state index contributed by atoms with van der Waals surface area (Å²) in [7, 11) is 0. The fraction of sp³-hybridized carbons (Fsp3) is 0.190. The second kappa shape index (κ2) is 8.04. The number of nitrogens with zero attached hydrogens (tertiary/aromatic N) is 3. The summed E-state index contributed by atoms with van der Waals surface area (Å²) < 4.78 is 13.7. The summed E-state index contributed by atoms with van der Waals surface area (Å²) in [5, 5.41) is 5.62. The molecule has 1 aliphatic rings. The van der Waals surface area contributed by atoms with Crippen molar-refractivity contribution in [3.05, 3.63) is 72.3 Å². The summed E-state index contributed by atoms with van der Waals surface area (Å²) in [6.45, 7) is 2.18. The molecule has 2 heterocycles. The quantitative estimate of drug-likeness (QED) is 0.697. The summed E-state index contributed by atoms with van der Waals surface area (Å²) in [5.41, 5.74) is 2.28. The molecule has 2 aromatic carbocycles. The van der Waals surface area contributed by atoms with Crippen LogP contribution in [0.1, 0.15) is 23.3 Å². The normalized spacial score (nSPS) is 13.4. The largest absolute Gasteiger partial charge is 0.372 e. The standard InChI is InChI=1S/C21H20FN5O/c22-17-5-1-2-6-18(17)25-20(28)19-11-12-23-21(26-19)24-15-7-9-16(10-8-15)27-13-3-4-14-27/h1-2,5-12H,3-4,13-14H2,(H,25,28)(H,23,24,26). The van der Waals surface area contributed by atoms with E-state index in [1.54, 1.807) is 12.1 Å². The van der Waals surface area contributed by atoms with Gasteiger partial charge >= 0.3 is 0 Å². The molecule has 6 nitrogen and oxygen atoms in total. The van der Waals surface area contributed by atoms with E-state index in [9.17, 15) is 9.18 Å². The van der Waals surface area contributed by atoms with Gasteiger partial charge in [-0.3, -0.25) is 4.79 Å². The molecule has 0 atom stereocenters. The van der Waals surface area contributed by atoms with E-state index in [-0.39, 0.29) is 11.4 Å². The maximum absolute atomic E-state index is 13.7. The van der Waals surface area contributed by atoms with Crippen LogP contribution in [-0.2, 0) is 0 Å². The Kier molecular flexibility index (Phi) is 5.14. The molecular weight excluding hydrogens is 357 g/mol. The first kappa shape index (κ1) is 17.9. The summed E-state index contributed by atoms with van der Waals surface area (Å²) >= 11 is 0. The van der Waals surface area contributed by atoms with E-state index in [1.807, 2.05) is 12.1 Å². The van der Waals surface area contributed by atoms with Crippen molar-refractivity contribution in [3.63, 3.8) is 0 Å². The molecule has 28 heavy (non-hydrogen) atoms. The molecular formula is C21H20FN5O. The van der Waals surface area contributed by atoms with E-state index in [0.717, 1.165) is 18.8 Å². The van der Waals surface area contributed by atoms with Crippen LogP contribution in [0.5, 0.6) is 0 Å². The molecule has 7 heteroatoms. The zero-order chi connectivity index (χ0) is 19.3. The molecule has 4 rings (SSSR count). The highest BCUT2D eigenvalue weighted by Crippen LogP contribution is 2.23. The molecule has 3 aromatic rings. The monoisotopic (exact) mass is 377 g/mol. The Morgan fingerprint density at radius 2 is 1.75 bits per heavy atom. The topological polar surface area (TPSA) is 70.2 Å². The Hall–Kier alpha value is -3.48. The number of carbonyl (C=O) groups is 1. The Morgan fingerprint density at radius 1 is 1.00 bits per heavy atom. The molecule has 0 saturated carbocycles. The van der Waals surface area contributed by atoms with Gasteiger partial charge in [-0.15, -0.1) is 0 Å². The molecule has 1 aromatic heterocycles. The van der Waals surface area contributed by atoms with Gasteiger partial charge in [0.1, 0.15) is 11.5 Å². The Bertz CT molecular complexity index is 971. The van der Waals surface area contributed by atoms with Crippen molar-refractivity contribution in [1.29, 1.82) is 0 Å². The van der Waals surface area contributed by atoms with E-state index >= 15 is 0 Å². The van der Waals surface area contributed by atoms with Gasteiger partial charge in [0.2, 0.25) is 5.95 Å². The van der Waals surface area contributed by atoms with Crippen molar-refractivity contribution in [3.8, 4) is 0 Å². The second-order valence-electron chi connectivity index (χ2n) is 6.57. The number of carbonyl (C=O) groups excluding carboxylic acids is 1. The number of rotatable bonds is 5. The third-order valence-corrected chi connectivity index (χ3v) is 4.60. The Balaban J connectivity index is 1.44. The molecule has 0 aliphatic carbocycles. The van der Waals surface area contributed by atoms with E-state index in [4.69, 9.17) is 0 Å². The van der Waals surface area contributed by atoms with Crippen molar-refractivity contribution in [1.82, 2.24) is 9.97 Å². The van der Waals surface area contributed by atoms with Gasteiger partial charge in [0.25, 0.3) is 5.91 Å². The summed E-state index contributed by atoms with van der Waals surface area (Å²) in [6.07, 6.45) is 3.95. The first-order chi connectivity index (χ1) is 13.7. The highest BCUT2D eigenvalue weighted by molar-refractivity contribution is 6.03. The number of halogens is 1. The number of aromatic nitrogens is 2. The number of para-hydroxylation sites is 1. The zero-order valence-electron chi connectivity index (χ0n) is 15.2. The zero-order valence-corrected chi connectivity index (χ0v) is 15.2. The highest BCUT2D eigenvalue weighted by atomic mass is 19.1. The molecule has 0 radical (unpaired) electrons. The van der Waals surface area contributed by atoms with Crippen LogP contribution in [0.15, 0.2) is 60.8 Å². The van der Waals surface area contributed by atoms with Gasteiger partial charge in [0.05, 0.1) is 5.69 Å². The smallest absolute Gasteiger partial charge is 0.274 e. The lowest BCUT2D eigenvalue weighted by Gasteiger charge is -2.17. The Labute approximate surface area is 162 Å². The van der Waals surface area contributed by atoms with E-state index in [0.29, 0.717) is 5.95 Å². The van der Waals surface area contributed by atoms with Crippen LogP contribution in [-0.4, -0.2) is 29.0 Å². The fourth-order valence-electron chi connectivity index (χ4n) is 3.15. The van der Waals surface area contributed by atoms with Gasteiger partial charge in [-0.2, -0.15) is 0 Å². The van der Waals surface area contributed by atoms with Gasteiger partial charge in [-0.25, -0.2) is 14.4 Å². The van der Waals surface area contributed by atoms with E-state index in [1.165, 1.54) is 42.9 Å². The minimum Gasteiger partial charge on any atom is -0.372 e. The maximum atomic E-state index is 13.7. The van der Waals surface area contributed by atoms with Crippen LogP contribution < -0.4 is 15.5 Å². The molecule has 2 N–H and O–H groups in total. The first-order valence-corrected chi connectivity index (χ1v) is 9.20. The molecule has 0 spiro atoms. The molecule has 1 saturated heterocycles. The lowest BCUT2D eigenvalue weighted by Crippen LogP contribution is -2.17. The van der Waals surface area contributed by atoms with Gasteiger partial charge in [-0.05, 0) is 55.3 Å². The van der Waals surface area contributed by atoms with Crippen molar-refractivity contribution < 1.29 is 9.18 Å². The molecule has 1 amide bonds. The molecule has 0 bridgehead atoms. The number of hydrogen-bond donors (Lipinski definition) is 2. The summed E-state index contributed by atoms with van der Waals surface area (Å²) in [6, 6.07) is 15.5. The van der Waals surface area contributed by atoms with Crippen molar-refractivity contribution in [2.45, 2.75) is 12.8 Å². The fourth-order valence-corrected chi connectivity index (χ4v) is 3.15. The van der Waals surface area contributed by atoms with Crippen LogP contribution >= 0.6 is 0 Å². The third kappa shape index (κ3) is 4.09. The van der Waals surface area contributed by atoms with E-state index < -0.39 is 11.7 Å². The minimum atomic E-state index is -0.500. The van der Waals surface area contributed by atoms with Crippen LogP contribution in [0.2, 0.25) is 0 Å². The molecule has 1 aliphatic heterocycles. The van der Waals surface area contributed by atoms with Gasteiger partial charge < -0.3 is 15.5 Å². The maximum Gasteiger partial charge on any atom is 0.274 e. The molecule has 142 valence electrons. The van der Waals surface area contributed by atoms with Crippen LogP contribution in [0, 0.1) is 5.82 Å². The van der Waals surface area contributed by atoms with Crippen LogP contribution in [0.25, 0.3) is 0 Å². The van der Waals surface area contributed by atoms with Crippen molar-refractivity contribution in [2.75, 3.05) is 28.6 Å². The first-order valence-electron chi connectivity index (χ1n) is 9.20. The molecule has 0 unspecified atom stereocenters. The predicted octanol–water partition coefficient (Wildman–Crippen LogP) is 4.21. The average molecular weight is 377 g/mol. The summed E-state index contributed by atoms with van der Waals surface area (Å²) in [4.78, 5) is 23.1. The number of amides is 1. The average Bonchev–Trinajstić information content (AvgIpc) is 3.25. The van der Waals surface area contributed by atoms with Crippen LogP contribution in [0.3, 0.4) is 0 Å². The van der Waals surface area contributed by atoms with E-state index in [2.05, 4.69) is 37.6 Å². The molecule has 1 fully saturated rings. The SMILES string of the molecule is O=C(Nc1ccccc1F)c1ccnc(Nc2ccc(N3CCCC3)cc2)n1. The summed E-state index contributed by atoms with van der Waals surface area (Å²) in [5.74, 6) is -0.698. The lowest BCUT2D eigenvalue weighted by molar-refractivity contribution is 0.102. The Morgan fingerprint density at radius 3 is 2.50 bits per heavy atom. The van der Waals surface area contributed by atoms with Crippen molar-refractivity contribution in [2.24, 2.45) is 0 Å². The highest BCUT2D eigenvalue weighted by Gasteiger charge is 2.13. The lowest BCUT2D eigenvalue weighted by atomic mass is 10.2. The third-order valence-electron chi connectivity index (χ3n) is 4.60. The van der Waals surface area contributed by atoms with Crippen molar-refractivity contribution >= 4 is 28.9 Å².